The van der Waals surface area contributed by atoms with Crippen molar-refractivity contribution in [2.24, 2.45) is 5.92 Å². The molecule has 2 fully saturated rings. The van der Waals surface area contributed by atoms with E-state index >= 15 is 0 Å². The third kappa shape index (κ3) is 2.99. The van der Waals surface area contributed by atoms with Crippen molar-refractivity contribution < 1.29 is 4.79 Å². The number of fused-ring (bicyclic) bond motifs is 2. The van der Waals surface area contributed by atoms with Crippen LogP contribution < -0.4 is 0 Å². The van der Waals surface area contributed by atoms with Crippen molar-refractivity contribution in [3.8, 4) is 0 Å². The van der Waals surface area contributed by atoms with Gasteiger partial charge in [0.2, 0.25) is 5.91 Å². The molecule has 23 heavy (non-hydrogen) atoms. The SMILES string of the molecule is O=C(CCc1nc2ccccc2[nH]1)N1CCCC2CCCCC21. The molecular weight excluding hydrogens is 286 g/mol. The molecule has 1 saturated carbocycles. The average Bonchev–Trinajstić information content (AvgIpc) is 3.02. The molecule has 2 aromatic rings. The fraction of sp³-hybridized carbons (Fsp3) is 0.579. The van der Waals surface area contributed by atoms with Crippen LogP contribution in [0.1, 0.15) is 50.8 Å². The van der Waals surface area contributed by atoms with Crippen LogP contribution in [0.5, 0.6) is 0 Å². The number of benzene rings is 1. The average molecular weight is 311 g/mol. The van der Waals surface area contributed by atoms with Crippen molar-refractivity contribution in [2.45, 2.75) is 57.4 Å². The molecule has 4 nitrogen and oxygen atoms in total. The molecule has 0 radical (unpaired) electrons. The second kappa shape index (κ2) is 6.34. The summed E-state index contributed by atoms with van der Waals surface area (Å²) in [6.07, 6.45) is 8.94. The van der Waals surface area contributed by atoms with Crippen LogP contribution in [0, 0.1) is 5.92 Å². The highest BCUT2D eigenvalue weighted by Crippen LogP contribution is 2.35. The molecule has 1 amide bonds. The summed E-state index contributed by atoms with van der Waals surface area (Å²) in [4.78, 5) is 22.8. The zero-order valence-corrected chi connectivity index (χ0v) is 13.6. The molecule has 4 rings (SSSR count). The highest BCUT2D eigenvalue weighted by atomic mass is 16.2. The molecule has 1 N–H and O–H groups in total. The lowest BCUT2D eigenvalue weighted by Crippen LogP contribution is -2.49. The Balaban J connectivity index is 1.40. The van der Waals surface area contributed by atoms with Gasteiger partial charge in [-0.3, -0.25) is 4.79 Å². The molecule has 1 aliphatic heterocycles. The lowest BCUT2D eigenvalue weighted by molar-refractivity contribution is -0.137. The molecule has 1 aromatic heterocycles. The first kappa shape index (κ1) is 14.7. The highest BCUT2D eigenvalue weighted by molar-refractivity contribution is 5.77. The number of hydrogen-bond donors (Lipinski definition) is 1. The molecule has 1 saturated heterocycles. The molecule has 2 unspecified atom stereocenters. The zero-order valence-electron chi connectivity index (χ0n) is 13.6. The second-order valence-electron chi connectivity index (χ2n) is 7.04. The number of nitrogens with one attached hydrogen (secondary N) is 1. The van der Waals surface area contributed by atoms with E-state index in [9.17, 15) is 4.79 Å². The summed E-state index contributed by atoms with van der Waals surface area (Å²) in [5.74, 6) is 2.01. The van der Waals surface area contributed by atoms with Gasteiger partial charge in [0, 0.05) is 25.4 Å². The fourth-order valence-electron chi connectivity index (χ4n) is 4.43. The summed E-state index contributed by atoms with van der Waals surface area (Å²) >= 11 is 0. The minimum absolute atomic E-state index is 0.321. The summed E-state index contributed by atoms with van der Waals surface area (Å²) in [7, 11) is 0. The molecule has 4 heteroatoms. The van der Waals surface area contributed by atoms with E-state index in [1.807, 2.05) is 24.3 Å². The van der Waals surface area contributed by atoms with Gasteiger partial charge in [0.15, 0.2) is 0 Å². The van der Waals surface area contributed by atoms with Crippen LogP contribution in [0.2, 0.25) is 0 Å². The molecule has 0 spiro atoms. The normalized spacial score (nSPS) is 24.6. The molecule has 122 valence electrons. The first-order chi connectivity index (χ1) is 11.3. The van der Waals surface area contributed by atoms with Crippen LogP contribution in [0.25, 0.3) is 11.0 Å². The second-order valence-corrected chi connectivity index (χ2v) is 7.04. The Morgan fingerprint density at radius 1 is 1.17 bits per heavy atom. The van der Waals surface area contributed by atoms with Gasteiger partial charge in [0.25, 0.3) is 0 Å². The third-order valence-corrected chi connectivity index (χ3v) is 5.58. The quantitative estimate of drug-likeness (QED) is 0.940. The van der Waals surface area contributed by atoms with E-state index in [2.05, 4.69) is 14.9 Å². The molecule has 1 aromatic carbocycles. The summed E-state index contributed by atoms with van der Waals surface area (Å²) in [5.41, 5.74) is 2.04. The van der Waals surface area contributed by atoms with Crippen LogP contribution in [-0.2, 0) is 11.2 Å². The highest BCUT2D eigenvalue weighted by Gasteiger charge is 2.35. The maximum absolute atomic E-state index is 12.7. The first-order valence-electron chi connectivity index (χ1n) is 9.04. The van der Waals surface area contributed by atoms with Gasteiger partial charge in [-0.25, -0.2) is 4.98 Å². The molecule has 1 aliphatic carbocycles. The van der Waals surface area contributed by atoms with Crippen molar-refractivity contribution in [2.75, 3.05) is 6.54 Å². The van der Waals surface area contributed by atoms with E-state index in [4.69, 9.17) is 0 Å². The maximum Gasteiger partial charge on any atom is 0.223 e. The van der Waals surface area contributed by atoms with Crippen molar-refractivity contribution in [3.63, 3.8) is 0 Å². The van der Waals surface area contributed by atoms with Gasteiger partial charge in [-0.15, -0.1) is 0 Å². The predicted molar refractivity (Wildman–Crippen MR) is 91.1 cm³/mol. The summed E-state index contributed by atoms with van der Waals surface area (Å²) in [6.45, 7) is 0.958. The topological polar surface area (TPSA) is 49.0 Å². The van der Waals surface area contributed by atoms with Crippen LogP contribution in [0.3, 0.4) is 0 Å². The molecule has 0 bridgehead atoms. The van der Waals surface area contributed by atoms with E-state index < -0.39 is 0 Å². The van der Waals surface area contributed by atoms with Gasteiger partial charge in [-0.05, 0) is 43.7 Å². The van der Waals surface area contributed by atoms with Gasteiger partial charge in [-0.2, -0.15) is 0 Å². The van der Waals surface area contributed by atoms with E-state index in [1.54, 1.807) is 0 Å². The molecule has 2 aliphatic rings. The Bertz CT molecular complexity index is 658. The van der Waals surface area contributed by atoms with E-state index in [1.165, 1.54) is 38.5 Å². The predicted octanol–water partition coefficient (Wildman–Crippen LogP) is 3.68. The largest absolute Gasteiger partial charge is 0.342 e. The van der Waals surface area contributed by atoms with E-state index in [-0.39, 0.29) is 0 Å². The van der Waals surface area contributed by atoms with Crippen molar-refractivity contribution in [1.29, 1.82) is 0 Å². The van der Waals surface area contributed by atoms with E-state index in [0.717, 1.165) is 29.3 Å². The number of aryl methyl sites for hydroxylation is 1. The number of piperidine rings is 1. The van der Waals surface area contributed by atoms with Gasteiger partial charge >= 0.3 is 0 Å². The standard InChI is InChI=1S/C19H25N3O/c23-19(22-13-5-7-14-6-1-4-10-17(14)22)12-11-18-20-15-8-2-3-9-16(15)21-18/h2-3,8-9,14,17H,1,4-7,10-13H2,(H,20,21). The number of para-hydroxylation sites is 2. The number of imidazole rings is 1. The Morgan fingerprint density at radius 2 is 2.00 bits per heavy atom. The number of hydrogen-bond acceptors (Lipinski definition) is 2. The van der Waals surface area contributed by atoms with Crippen molar-refractivity contribution in [1.82, 2.24) is 14.9 Å². The zero-order chi connectivity index (χ0) is 15.6. The number of carbonyl (C=O) groups excluding carboxylic acids is 1. The molecule has 2 heterocycles. The number of aromatic nitrogens is 2. The summed E-state index contributed by atoms with van der Waals surface area (Å²) in [5, 5.41) is 0. The van der Waals surface area contributed by atoms with Crippen LogP contribution in [0.4, 0.5) is 0 Å². The van der Waals surface area contributed by atoms with Crippen LogP contribution in [0.15, 0.2) is 24.3 Å². The lowest BCUT2D eigenvalue weighted by atomic mass is 9.78. The molecular formula is C19H25N3O. The Kier molecular flexibility index (Phi) is 4.06. The number of H-pyrrole nitrogens is 1. The first-order valence-corrected chi connectivity index (χ1v) is 9.04. The molecule has 2 atom stereocenters. The van der Waals surface area contributed by atoms with E-state index in [0.29, 0.717) is 24.8 Å². The summed E-state index contributed by atoms with van der Waals surface area (Å²) in [6, 6.07) is 8.56. The van der Waals surface area contributed by atoms with Crippen molar-refractivity contribution >= 4 is 16.9 Å². The van der Waals surface area contributed by atoms with Gasteiger partial charge in [-0.1, -0.05) is 25.0 Å². The van der Waals surface area contributed by atoms with Crippen LogP contribution in [-0.4, -0.2) is 33.4 Å². The fourth-order valence-corrected chi connectivity index (χ4v) is 4.43. The Morgan fingerprint density at radius 3 is 2.91 bits per heavy atom. The Hall–Kier alpha value is -1.84. The number of likely N-dealkylation sites (tertiary alicyclic amines) is 1. The number of rotatable bonds is 3. The monoisotopic (exact) mass is 311 g/mol. The number of nitrogens with zero attached hydrogens (tertiary/aromatic N) is 2. The minimum Gasteiger partial charge on any atom is -0.342 e. The third-order valence-electron chi connectivity index (χ3n) is 5.58. The van der Waals surface area contributed by atoms with Gasteiger partial charge < -0.3 is 9.88 Å². The van der Waals surface area contributed by atoms with Gasteiger partial charge in [0.05, 0.1) is 11.0 Å². The van der Waals surface area contributed by atoms with Crippen molar-refractivity contribution in [3.05, 3.63) is 30.1 Å². The Labute approximate surface area is 137 Å². The lowest BCUT2D eigenvalue weighted by Gasteiger charge is -2.44. The van der Waals surface area contributed by atoms with Gasteiger partial charge in [0.1, 0.15) is 5.82 Å². The minimum atomic E-state index is 0.321. The summed E-state index contributed by atoms with van der Waals surface area (Å²) < 4.78 is 0. The smallest absolute Gasteiger partial charge is 0.223 e. The van der Waals surface area contributed by atoms with Crippen LogP contribution >= 0.6 is 0 Å². The number of carbonyl (C=O) groups is 1. The number of aromatic amines is 1. The number of amides is 1. The maximum atomic E-state index is 12.7.